The van der Waals surface area contributed by atoms with Crippen LogP contribution in [0, 0.1) is 0 Å². The van der Waals surface area contributed by atoms with E-state index >= 15 is 0 Å². The average Bonchev–Trinajstić information content (AvgIpc) is 3.34. The van der Waals surface area contributed by atoms with Crippen LogP contribution in [0.4, 0.5) is 0 Å². The number of halogens is 1. The number of hydrogen-bond acceptors (Lipinski definition) is 6. The topological polar surface area (TPSA) is 50.7 Å². The summed E-state index contributed by atoms with van der Waals surface area (Å²) in [5, 5.41) is 0. The van der Waals surface area contributed by atoms with Gasteiger partial charge >= 0.3 is 0 Å². The van der Waals surface area contributed by atoms with Gasteiger partial charge in [0.2, 0.25) is 0 Å². The summed E-state index contributed by atoms with van der Waals surface area (Å²) >= 11 is 0. The summed E-state index contributed by atoms with van der Waals surface area (Å²) in [5.41, 5.74) is 6.23. The molecule has 3 aliphatic rings. The number of rotatable bonds is 9. The second-order valence-electron chi connectivity index (χ2n) is 11.9. The first kappa shape index (κ1) is 35.1. The molecule has 0 spiro atoms. The molecule has 1 aliphatic carbocycles. The molecule has 2 saturated heterocycles. The number of nitrogens with zero attached hydrogens (tertiary/aromatic N) is 4. The molecule has 0 radical (unpaired) electrons. The minimum absolute atomic E-state index is 0. The molecule has 7 heteroatoms. The fourth-order valence-corrected chi connectivity index (χ4v) is 4.77. The Morgan fingerprint density at radius 1 is 0.850 bits per heavy atom. The van der Waals surface area contributed by atoms with Crippen molar-refractivity contribution in [3.05, 3.63) is 58.7 Å². The van der Waals surface area contributed by atoms with Crippen molar-refractivity contribution >= 4 is 24.0 Å². The van der Waals surface area contributed by atoms with E-state index in [0.717, 1.165) is 58.4 Å². The van der Waals surface area contributed by atoms with Crippen molar-refractivity contribution in [3.8, 4) is 0 Å². The van der Waals surface area contributed by atoms with Crippen molar-refractivity contribution < 1.29 is 9.47 Å². The van der Waals surface area contributed by atoms with Crippen molar-refractivity contribution in [3.63, 3.8) is 0 Å². The van der Waals surface area contributed by atoms with Gasteiger partial charge in [0.05, 0.1) is 18.0 Å². The van der Waals surface area contributed by atoms with E-state index in [9.17, 15) is 0 Å². The number of ether oxygens (including phenoxy) is 2. The highest BCUT2D eigenvalue weighted by molar-refractivity contribution is 14.0. The molecule has 0 amide bonds. The largest absolute Gasteiger partial charge is 0.381 e. The summed E-state index contributed by atoms with van der Waals surface area (Å²) < 4.78 is 10.5. The lowest BCUT2D eigenvalue weighted by Gasteiger charge is -2.24. The van der Waals surface area contributed by atoms with Crippen LogP contribution in [0.2, 0.25) is 0 Å². The Morgan fingerprint density at radius 2 is 1.55 bits per heavy atom. The summed E-state index contributed by atoms with van der Waals surface area (Å²) in [4.78, 5) is 14.3. The van der Waals surface area contributed by atoms with Gasteiger partial charge in [-0.3, -0.25) is 19.8 Å². The first-order chi connectivity index (χ1) is 18.8. The molecule has 0 bridgehead atoms. The maximum Gasteiger partial charge on any atom is 0.0583 e. The fourth-order valence-electron chi connectivity index (χ4n) is 4.77. The molecule has 6 nitrogen and oxygen atoms in total. The van der Waals surface area contributed by atoms with E-state index in [2.05, 4.69) is 93.8 Å². The van der Waals surface area contributed by atoms with Crippen LogP contribution in [-0.2, 0) is 29.0 Å². The zero-order valence-corrected chi connectivity index (χ0v) is 28.5. The molecule has 1 saturated carbocycles. The second kappa shape index (κ2) is 18.4. The van der Waals surface area contributed by atoms with Gasteiger partial charge in [0.25, 0.3) is 0 Å². The van der Waals surface area contributed by atoms with E-state index in [1.807, 2.05) is 0 Å². The third-order valence-corrected chi connectivity index (χ3v) is 7.91. The van der Waals surface area contributed by atoms with Gasteiger partial charge in [-0.25, -0.2) is 0 Å². The maximum atomic E-state index is 5.56. The van der Waals surface area contributed by atoms with E-state index < -0.39 is 0 Å². The smallest absolute Gasteiger partial charge is 0.0583 e. The molecule has 40 heavy (non-hydrogen) atoms. The molecule has 0 N–H and O–H groups in total. The second-order valence-corrected chi connectivity index (χ2v) is 11.9. The van der Waals surface area contributed by atoms with Crippen molar-refractivity contribution in [2.45, 2.75) is 110 Å². The Kier molecular flexibility index (Phi) is 16.1. The predicted octanol–water partition coefficient (Wildman–Crippen LogP) is 7.20. The fraction of sp³-hybridized carbons (Fsp3) is 0.697. The van der Waals surface area contributed by atoms with E-state index in [1.54, 1.807) is 0 Å². The monoisotopic (exact) mass is 666 g/mol. The van der Waals surface area contributed by atoms with Gasteiger partial charge < -0.3 is 9.47 Å². The molecule has 226 valence electrons. The molecule has 3 fully saturated rings. The third kappa shape index (κ3) is 12.0. The van der Waals surface area contributed by atoms with Gasteiger partial charge in [-0.2, -0.15) is 0 Å². The summed E-state index contributed by atoms with van der Waals surface area (Å²) in [5.74, 6) is 1.01. The van der Waals surface area contributed by atoms with Gasteiger partial charge in [0.1, 0.15) is 0 Å². The molecule has 2 aromatic heterocycles. The molecule has 0 aromatic carbocycles. The van der Waals surface area contributed by atoms with Gasteiger partial charge in [-0.15, -0.1) is 24.0 Å². The molecule has 1 unspecified atom stereocenters. The van der Waals surface area contributed by atoms with Gasteiger partial charge in [-0.1, -0.05) is 32.9 Å². The van der Waals surface area contributed by atoms with E-state index in [0.29, 0.717) is 17.9 Å². The van der Waals surface area contributed by atoms with Crippen LogP contribution in [0.3, 0.4) is 0 Å². The lowest BCUT2D eigenvalue weighted by Crippen LogP contribution is -2.27. The first-order valence-corrected chi connectivity index (χ1v) is 15.3. The SMILES string of the molecule is C1CCOC1.CC(C)c1ccc(C2CCOC2)c(CN(C)C(C)C)n1.CCc1cccc(CN(C)C2CC2)n1.I. The molecule has 2 aliphatic heterocycles. The molecule has 5 rings (SSSR count). The first-order valence-electron chi connectivity index (χ1n) is 15.3. The number of pyridine rings is 2. The summed E-state index contributed by atoms with van der Waals surface area (Å²) in [6.45, 7) is 16.7. The minimum atomic E-state index is 0. The normalized spacial score (nSPS) is 18.4. The van der Waals surface area contributed by atoms with Crippen molar-refractivity contribution in [2.24, 2.45) is 0 Å². The summed E-state index contributed by atoms with van der Waals surface area (Å²) in [6.07, 6.45) is 7.44. The lowest BCUT2D eigenvalue weighted by molar-refractivity contribution is 0.193. The predicted molar refractivity (Wildman–Crippen MR) is 177 cm³/mol. The van der Waals surface area contributed by atoms with E-state index in [1.165, 1.54) is 54.0 Å². The highest BCUT2D eigenvalue weighted by atomic mass is 127. The van der Waals surface area contributed by atoms with Crippen LogP contribution < -0.4 is 0 Å². The van der Waals surface area contributed by atoms with Crippen LogP contribution in [0.5, 0.6) is 0 Å². The highest BCUT2D eigenvalue weighted by Gasteiger charge is 2.26. The average molecular weight is 667 g/mol. The Bertz CT molecular complexity index is 965. The lowest BCUT2D eigenvalue weighted by atomic mass is 9.95. The summed E-state index contributed by atoms with van der Waals surface area (Å²) in [6, 6.07) is 12.2. The molecular weight excluding hydrogens is 611 g/mol. The highest BCUT2D eigenvalue weighted by Crippen LogP contribution is 2.29. The third-order valence-electron chi connectivity index (χ3n) is 7.91. The quantitative estimate of drug-likeness (QED) is 0.264. The van der Waals surface area contributed by atoms with E-state index in [-0.39, 0.29) is 24.0 Å². The molecule has 1 atom stereocenters. The zero-order chi connectivity index (χ0) is 28.2. The standard InChI is InChI=1S/C17H28N2O.C12H18N2.C4H8O.HI/c1-12(2)16-7-6-15(14-8-9-20-11-14)17(18-16)10-19(5)13(3)4;1-3-10-5-4-6-11(13-10)9-14(2)12-7-8-12;1-2-4-5-3-1;/h6-7,12-14H,8-11H2,1-5H3;4-6,12H,3,7-9H2,1-2H3;1-4H2;1H. The Hall–Kier alpha value is -1.13. The zero-order valence-electron chi connectivity index (χ0n) is 26.2. The van der Waals surface area contributed by atoms with Crippen LogP contribution >= 0.6 is 24.0 Å². The number of aryl methyl sites for hydroxylation is 1. The summed E-state index contributed by atoms with van der Waals surface area (Å²) in [7, 11) is 4.36. The van der Waals surface area contributed by atoms with Crippen molar-refractivity contribution in [1.82, 2.24) is 19.8 Å². The Labute approximate surface area is 261 Å². The van der Waals surface area contributed by atoms with Crippen molar-refractivity contribution in [1.29, 1.82) is 0 Å². The van der Waals surface area contributed by atoms with Gasteiger partial charge in [0, 0.05) is 62.3 Å². The van der Waals surface area contributed by atoms with E-state index in [4.69, 9.17) is 14.5 Å². The van der Waals surface area contributed by atoms with Crippen LogP contribution in [0.15, 0.2) is 30.3 Å². The van der Waals surface area contributed by atoms with Crippen LogP contribution in [0.25, 0.3) is 0 Å². The minimum Gasteiger partial charge on any atom is -0.381 e. The Balaban J connectivity index is 0.000000242. The number of hydrogen-bond donors (Lipinski definition) is 0. The van der Waals surface area contributed by atoms with Crippen molar-refractivity contribution in [2.75, 3.05) is 40.5 Å². The Morgan fingerprint density at radius 3 is 2.08 bits per heavy atom. The van der Waals surface area contributed by atoms with Gasteiger partial charge in [-0.05, 0) is 96.1 Å². The molecule has 4 heterocycles. The maximum absolute atomic E-state index is 5.56. The molecule has 2 aromatic rings. The number of aromatic nitrogens is 2. The van der Waals surface area contributed by atoms with Crippen LogP contribution in [0.1, 0.15) is 107 Å². The van der Waals surface area contributed by atoms with Crippen LogP contribution in [-0.4, -0.2) is 72.4 Å². The van der Waals surface area contributed by atoms with Gasteiger partial charge in [0.15, 0.2) is 0 Å². The molecular formula is C33H55IN4O2.